The summed E-state index contributed by atoms with van der Waals surface area (Å²) in [6.07, 6.45) is 3.67. The van der Waals surface area contributed by atoms with Gasteiger partial charge in [-0.3, -0.25) is 9.48 Å². The van der Waals surface area contributed by atoms with Crippen LogP contribution in [0, 0.1) is 0 Å². The van der Waals surface area contributed by atoms with Gasteiger partial charge in [0.2, 0.25) is 0 Å². The van der Waals surface area contributed by atoms with Gasteiger partial charge >= 0.3 is 6.03 Å². The Kier molecular flexibility index (Phi) is 3.78. The second-order valence-corrected chi connectivity index (χ2v) is 5.24. The molecule has 3 rings (SSSR count). The minimum atomic E-state index is -0.229. The average molecular weight is 299 g/mol. The Morgan fingerprint density at radius 3 is 2.27 bits per heavy atom. The molecule has 0 bridgehead atoms. The summed E-state index contributed by atoms with van der Waals surface area (Å²) in [6, 6.07) is 8.72. The number of nitrogens with one attached hydrogen (secondary N) is 3. The highest BCUT2D eigenvalue weighted by molar-refractivity contribution is 6.03. The van der Waals surface area contributed by atoms with Gasteiger partial charge in [-0.15, -0.1) is 0 Å². The second kappa shape index (κ2) is 5.88. The standard InChI is InChI=1S/C15H17N5O2/c1-20-13(8-9-16-20)14(21)17-10-2-4-11(5-3-10)18-15(22)19-12-6-7-12/h2-5,8-9,12H,6-7H2,1H3,(H,17,21)(H2,18,19,22). The number of amides is 3. The van der Waals surface area contributed by atoms with Crippen LogP contribution in [0.2, 0.25) is 0 Å². The van der Waals surface area contributed by atoms with Crippen LogP contribution < -0.4 is 16.0 Å². The maximum absolute atomic E-state index is 12.0. The predicted molar refractivity (Wildman–Crippen MR) is 82.8 cm³/mol. The van der Waals surface area contributed by atoms with E-state index in [1.807, 2.05) is 0 Å². The first-order chi connectivity index (χ1) is 10.6. The lowest BCUT2D eigenvalue weighted by molar-refractivity contribution is 0.101. The Bertz CT molecular complexity index is 688. The van der Waals surface area contributed by atoms with Gasteiger partial charge in [-0.2, -0.15) is 5.10 Å². The van der Waals surface area contributed by atoms with Gasteiger partial charge in [0, 0.05) is 30.7 Å². The van der Waals surface area contributed by atoms with Crippen molar-refractivity contribution in [1.29, 1.82) is 0 Å². The van der Waals surface area contributed by atoms with Gasteiger partial charge in [0.15, 0.2) is 0 Å². The summed E-state index contributed by atoms with van der Waals surface area (Å²) >= 11 is 0. The third-order valence-electron chi connectivity index (χ3n) is 3.37. The molecule has 1 aliphatic carbocycles. The summed E-state index contributed by atoms with van der Waals surface area (Å²) in [4.78, 5) is 23.7. The van der Waals surface area contributed by atoms with Crippen LogP contribution in [-0.4, -0.2) is 27.8 Å². The van der Waals surface area contributed by atoms with Crippen molar-refractivity contribution in [2.75, 3.05) is 10.6 Å². The largest absolute Gasteiger partial charge is 0.335 e. The van der Waals surface area contributed by atoms with E-state index in [2.05, 4.69) is 21.0 Å². The van der Waals surface area contributed by atoms with E-state index in [-0.39, 0.29) is 11.9 Å². The van der Waals surface area contributed by atoms with E-state index in [1.165, 1.54) is 4.68 Å². The van der Waals surface area contributed by atoms with E-state index in [1.54, 1.807) is 43.6 Å². The van der Waals surface area contributed by atoms with E-state index >= 15 is 0 Å². The van der Waals surface area contributed by atoms with Gasteiger partial charge in [0.05, 0.1) is 0 Å². The molecule has 1 fully saturated rings. The van der Waals surface area contributed by atoms with Crippen LogP contribution in [0.4, 0.5) is 16.2 Å². The normalized spacial score (nSPS) is 13.5. The van der Waals surface area contributed by atoms with Crippen molar-refractivity contribution in [2.45, 2.75) is 18.9 Å². The van der Waals surface area contributed by atoms with Crippen LogP contribution in [0.15, 0.2) is 36.5 Å². The molecule has 1 aliphatic rings. The molecule has 2 aromatic rings. The average Bonchev–Trinajstić information content (AvgIpc) is 3.19. The number of nitrogens with zero attached hydrogens (tertiary/aromatic N) is 2. The van der Waals surface area contributed by atoms with Crippen molar-refractivity contribution in [2.24, 2.45) is 7.05 Å². The zero-order valence-electron chi connectivity index (χ0n) is 12.2. The van der Waals surface area contributed by atoms with Crippen molar-refractivity contribution in [1.82, 2.24) is 15.1 Å². The zero-order chi connectivity index (χ0) is 15.5. The number of benzene rings is 1. The Hall–Kier alpha value is -2.83. The van der Waals surface area contributed by atoms with E-state index in [4.69, 9.17) is 0 Å². The number of urea groups is 1. The first-order valence-corrected chi connectivity index (χ1v) is 7.09. The maximum atomic E-state index is 12.0. The smallest absolute Gasteiger partial charge is 0.319 e. The molecule has 0 radical (unpaired) electrons. The molecule has 0 spiro atoms. The molecule has 1 aromatic carbocycles. The van der Waals surface area contributed by atoms with Gasteiger partial charge in [0.25, 0.3) is 5.91 Å². The third kappa shape index (κ3) is 3.43. The first-order valence-electron chi connectivity index (χ1n) is 7.09. The summed E-state index contributed by atoms with van der Waals surface area (Å²) in [6.45, 7) is 0. The van der Waals surface area contributed by atoms with E-state index in [0.29, 0.717) is 23.1 Å². The molecule has 0 saturated heterocycles. The lowest BCUT2D eigenvalue weighted by Gasteiger charge is -2.08. The van der Waals surface area contributed by atoms with Crippen LogP contribution in [0.1, 0.15) is 23.3 Å². The second-order valence-electron chi connectivity index (χ2n) is 5.24. The zero-order valence-corrected chi connectivity index (χ0v) is 12.2. The van der Waals surface area contributed by atoms with Gasteiger partial charge in [-0.1, -0.05) is 0 Å². The van der Waals surface area contributed by atoms with E-state index < -0.39 is 0 Å². The first kappa shape index (κ1) is 14.1. The summed E-state index contributed by atoms with van der Waals surface area (Å²) in [5.74, 6) is -0.229. The summed E-state index contributed by atoms with van der Waals surface area (Å²) in [5, 5.41) is 12.3. The molecular formula is C15H17N5O2. The molecule has 114 valence electrons. The number of anilines is 2. The maximum Gasteiger partial charge on any atom is 0.319 e. The number of carbonyl (C=O) groups is 2. The number of hydrogen-bond donors (Lipinski definition) is 3. The summed E-state index contributed by atoms with van der Waals surface area (Å²) in [5.41, 5.74) is 1.81. The van der Waals surface area contributed by atoms with Crippen LogP contribution >= 0.6 is 0 Å². The molecule has 7 heteroatoms. The van der Waals surface area contributed by atoms with Crippen molar-refractivity contribution in [3.05, 3.63) is 42.2 Å². The van der Waals surface area contributed by atoms with Crippen LogP contribution in [-0.2, 0) is 7.05 Å². The van der Waals surface area contributed by atoms with Gasteiger partial charge in [-0.05, 0) is 43.2 Å². The molecule has 7 nitrogen and oxygen atoms in total. The van der Waals surface area contributed by atoms with Crippen LogP contribution in [0.5, 0.6) is 0 Å². The molecule has 0 unspecified atom stereocenters. The molecule has 0 aliphatic heterocycles. The van der Waals surface area contributed by atoms with Crippen molar-refractivity contribution >= 4 is 23.3 Å². The minimum absolute atomic E-state index is 0.200. The van der Waals surface area contributed by atoms with Crippen molar-refractivity contribution < 1.29 is 9.59 Å². The molecular weight excluding hydrogens is 282 g/mol. The molecule has 3 N–H and O–H groups in total. The summed E-state index contributed by atoms with van der Waals surface area (Å²) in [7, 11) is 1.71. The number of aromatic nitrogens is 2. The Morgan fingerprint density at radius 2 is 1.73 bits per heavy atom. The highest BCUT2D eigenvalue weighted by Gasteiger charge is 2.23. The lowest BCUT2D eigenvalue weighted by atomic mass is 10.2. The monoisotopic (exact) mass is 299 g/mol. The Balaban J connectivity index is 1.58. The lowest BCUT2D eigenvalue weighted by Crippen LogP contribution is -2.30. The molecule has 1 aromatic heterocycles. The SMILES string of the molecule is Cn1nccc1C(=O)Nc1ccc(NC(=O)NC2CC2)cc1. The van der Waals surface area contributed by atoms with E-state index in [9.17, 15) is 9.59 Å². The fraction of sp³-hybridized carbons (Fsp3) is 0.267. The van der Waals surface area contributed by atoms with Crippen molar-refractivity contribution in [3.8, 4) is 0 Å². The van der Waals surface area contributed by atoms with Crippen LogP contribution in [0.25, 0.3) is 0 Å². The number of rotatable bonds is 4. The topological polar surface area (TPSA) is 88.1 Å². The van der Waals surface area contributed by atoms with Crippen molar-refractivity contribution in [3.63, 3.8) is 0 Å². The summed E-state index contributed by atoms with van der Waals surface area (Å²) < 4.78 is 1.51. The molecule has 1 heterocycles. The highest BCUT2D eigenvalue weighted by Crippen LogP contribution is 2.19. The molecule has 0 atom stereocenters. The fourth-order valence-corrected chi connectivity index (χ4v) is 2.01. The van der Waals surface area contributed by atoms with Gasteiger partial charge in [0.1, 0.15) is 5.69 Å². The third-order valence-corrected chi connectivity index (χ3v) is 3.37. The predicted octanol–water partition coefficient (Wildman–Crippen LogP) is 1.96. The number of aryl methyl sites for hydroxylation is 1. The molecule has 3 amide bonds. The Morgan fingerprint density at radius 1 is 1.09 bits per heavy atom. The number of hydrogen-bond acceptors (Lipinski definition) is 3. The van der Waals surface area contributed by atoms with Gasteiger partial charge < -0.3 is 16.0 Å². The quantitative estimate of drug-likeness (QED) is 0.806. The Labute approximate surface area is 127 Å². The van der Waals surface area contributed by atoms with Gasteiger partial charge in [-0.25, -0.2) is 4.79 Å². The molecule has 22 heavy (non-hydrogen) atoms. The van der Waals surface area contributed by atoms with Crippen LogP contribution in [0.3, 0.4) is 0 Å². The van der Waals surface area contributed by atoms with E-state index in [0.717, 1.165) is 12.8 Å². The molecule has 1 saturated carbocycles. The minimum Gasteiger partial charge on any atom is -0.335 e. The fourth-order valence-electron chi connectivity index (χ4n) is 2.01. The highest BCUT2D eigenvalue weighted by atomic mass is 16.2. The number of carbonyl (C=O) groups excluding carboxylic acids is 2.